The van der Waals surface area contributed by atoms with Crippen molar-refractivity contribution in [1.82, 2.24) is 0 Å². The summed E-state index contributed by atoms with van der Waals surface area (Å²) in [6.45, 7) is -5.00. The number of methoxy groups -OCH3 is 1. The van der Waals surface area contributed by atoms with E-state index in [-0.39, 0.29) is 67.5 Å². The van der Waals surface area contributed by atoms with Gasteiger partial charge in [-0.1, -0.05) is 29.6 Å². The van der Waals surface area contributed by atoms with Gasteiger partial charge in [0, 0.05) is 5.02 Å². The molecule has 1 aromatic carbocycles. The number of carbonyl (C=O) groups is 1. The molecule has 17 heavy (non-hydrogen) atoms. The number of halogens is 4. The van der Waals surface area contributed by atoms with Crippen molar-refractivity contribution in [2.24, 2.45) is 0 Å². The van der Waals surface area contributed by atoms with Gasteiger partial charge in [0.25, 0.3) is 0 Å². The van der Waals surface area contributed by atoms with Gasteiger partial charge in [-0.2, -0.15) is 0 Å². The van der Waals surface area contributed by atoms with Crippen LogP contribution in [0.2, 0.25) is 5.02 Å². The number of ether oxygens (including phenoxy) is 1. The van der Waals surface area contributed by atoms with Crippen molar-refractivity contribution in [3.05, 3.63) is 34.3 Å². The maximum atomic E-state index is 12.3. The maximum Gasteiger partial charge on any atom is 1.00 e. The van der Waals surface area contributed by atoms with Gasteiger partial charge in [-0.3, -0.25) is 0 Å². The van der Waals surface area contributed by atoms with Crippen LogP contribution in [0, 0.1) is 0 Å². The third-order valence-corrected chi connectivity index (χ3v) is 2.16. The molecule has 0 aliphatic rings. The van der Waals surface area contributed by atoms with Gasteiger partial charge in [0.2, 0.25) is 0 Å². The van der Waals surface area contributed by atoms with Crippen molar-refractivity contribution in [3.63, 3.8) is 0 Å². The largest absolute Gasteiger partial charge is 1.00 e. The summed E-state index contributed by atoms with van der Waals surface area (Å²) >= 11 is 5.61. The molecule has 1 aromatic rings. The van der Waals surface area contributed by atoms with Crippen LogP contribution in [0.3, 0.4) is 0 Å². The van der Waals surface area contributed by atoms with Gasteiger partial charge in [-0.25, -0.2) is 4.79 Å². The minimum Gasteiger partial charge on any atom is -0.465 e. The van der Waals surface area contributed by atoms with E-state index >= 15 is 0 Å². The Bertz CT molecular complexity index is 412. The average molecular weight is 291 g/mol. The number of carbonyl (C=O) groups excluding carboxylic acids is 1. The fraction of sp³-hybridized carbons (Fsp3) is 0.222. The first-order chi connectivity index (χ1) is 7.33. The first-order valence-electron chi connectivity index (χ1n) is 4.41. The molecule has 1 rings (SSSR count). The molecule has 0 saturated carbocycles. The summed E-state index contributed by atoms with van der Waals surface area (Å²) in [7, 11) is 1.10. The van der Waals surface area contributed by atoms with E-state index in [1.807, 2.05) is 0 Å². The molecular formula is C9H8BClF3KO2. The molecule has 0 aromatic heterocycles. The van der Waals surface area contributed by atoms with Crippen LogP contribution in [0.15, 0.2) is 18.2 Å². The molecule has 0 aliphatic carbocycles. The van der Waals surface area contributed by atoms with E-state index in [2.05, 4.69) is 4.74 Å². The smallest absolute Gasteiger partial charge is 0.465 e. The first-order valence-corrected chi connectivity index (χ1v) is 4.79. The molecule has 0 heterocycles. The van der Waals surface area contributed by atoms with E-state index in [1.165, 1.54) is 18.2 Å². The Kier molecular flexibility index (Phi) is 7.36. The van der Waals surface area contributed by atoms with E-state index < -0.39 is 19.3 Å². The van der Waals surface area contributed by atoms with Crippen LogP contribution in [0.25, 0.3) is 0 Å². The molecule has 0 unspecified atom stereocenters. The molecule has 2 nitrogen and oxygen atoms in total. The van der Waals surface area contributed by atoms with Crippen LogP contribution in [-0.2, 0) is 11.1 Å². The summed E-state index contributed by atoms with van der Waals surface area (Å²) in [5.41, 5.74) is -0.266. The fourth-order valence-electron chi connectivity index (χ4n) is 1.28. The van der Waals surface area contributed by atoms with Crippen molar-refractivity contribution in [2.45, 2.75) is 6.32 Å². The molecule has 0 saturated heterocycles. The van der Waals surface area contributed by atoms with Crippen LogP contribution >= 0.6 is 11.6 Å². The quantitative estimate of drug-likeness (QED) is 0.581. The predicted molar refractivity (Wildman–Crippen MR) is 55.6 cm³/mol. The standard InChI is InChI=1S/C9H8BClF3O2.K/c1-16-9(15)8-4-7(11)3-2-6(8)5-10(12,13)14;/h2-4H,5H2,1H3;/q-1;+1. The van der Waals surface area contributed by atoms with Gasteiger partial charge in [0.1, 0.15) is 0 Å². The Labute approximate surface area is 144 Å². The molecule has 88 valence electrons. The van der Waals surface area contributed by atoms with E-state index in [0.29, 0.717) is 0 Å². The number of benzene rings is 1. The summed E-state index contributed by atoms with van der Waals surface area (Å²) in [6, 6.07) is 3.67. The normalized spacial score (nSPS) is 10.6. The van der Waals surface area contributed by atoms with E-state index in [1.54, 1.807) is 0 Å². The second-order valence-corrected chi connectivity index (χ2v) is 3.64. The second-order valence-electron chi connectivity index (χ2n) is 3.21. The maximum absolute atomic E-state index is 12.3. The van der Waals surface area contributed by atoms with Crippen molar-refractivity contribution >= 4 is 24.5 Å². The first kappa shape index (κ1) is 17.5. The minimum absolute atomic E-state index is 0. The molecule has 0 fully saturated rings. The average Bonchev–Trinajstić information content (AvgIpc) is 2.17. The number of hydrogen-bond donors (Lipinski definition) is 0. The van der Waals surface area contributed by atoms with Crippen LogP contribution in [-0.4, -0.2) is 20.1 Å². The molecule has 0 atom stereocenters. The molecule has 8 heteroatoms. The molecule has 0 spiro atoms. The Morgan fingerprint density at radius 3 is 2.47 bits per heavy atom. The van der Waals surface area contributed by atoms with Gasteiger partial charge in [-0.15, -0.1) is 0 Å². The zero-order valence-corrected chi connectivity index (χ0v) is 13.2. The van der Waals surface area contributed by atoms with E-state index in [9.17, 15) is 17.7 Å². The van der Waals surface area contributed by atoms with Crippen molar-refractivity contribution in [2.75, 3.05) is 7.11 Å². The summed E-state index contributed by atoms with van der Waals surface area (Å²) in [5.74, 6) is -0.822. The fourth-order valence-corrected chi connectivity index (χ4v) is 1.45. The Morgan fingerprint density at radius 2 is 2.00 bits per heavy atom. The van der Waals surface area contributed by atoms with Crippen molar-refractivity contribution in [1.29, 1.82) is 0 Å². The molecule has 0 radical (unpaired) electrons. The zero-order chi connectivity index (χ0) is 12.3. The summed E-state index contributed by atoms with van der Waals surface area (Å²) < 4.78 is 41.2. The third-order valence-electron chi connectivity index (χ3n) is 1.93. The Hall–Kier alpha value is 0.471. The van der Waals surface area contributed by atoms with Gasteiger partial charge in [-0.05, 0) is 12.1 Å². The third kappa shape index (κ3) is 5.76. The summed E-state index contributed by atoms with van der Waals surface area (Å²) in [6.07, 6.45) is -1.12. The molecule has 0 amide bonds. The Morgan fingerprint density at radius 1 is 1.41 bits per heavy atom. The van der Waals surface area contributed by atoms with Crippen LogP contribution < -0.4 is 51.4 Å². The second kappa shape index (κ2) is 7.16. The summed E-state index contributed by atoms with van der Waals surface area (Å²) in [4.78, 5) is 11.2. The van der Waals surface area contributed by atoms with Gasteiger partial charge >= 0.3 is 64.3 Å². The molecule has 0 N–H and O–H groups in total. The molecular weight excluding hydrogens is 282 g/mol. The topological polar surface area (TPSA) is 26.3 Å². The van der Waals surface area contributed by atoms with Crippen LogP contribution in [0.5, 0.6) is 0 Å². The summed E-state index contributed by atoms with van der Waals surface area (Å²) in [5, 5.41) is 0.193. The SMILES string of the molecule is COC(=O)c1cc(Cl)ccc1C[B-](F)(F)F.[K+]. The van der Waals surface area contributed by atoms with E-state index in [0.717, 1.165) is 7.11 Å². The molecule has 0 bridgehead atoms. The number of hydrogen-bond acceptors (Lipinski definition) is 2. The minimum atomic E-state index is -5.00. The van der Waals surface area contributed by atoms with Crippen molar-refractivity contribution < 1.29 is 73.9 Å². The monoisotopic (exact) mass is 290 g/mol. The van der Waals surface area contributed by atoms with E-state index in [4.69, 9.17) is 11.6 Å². The number of esters is 1. The van der Waals surface area contributed by atoms with Crippen LogP contribution in [0.1, 0.15) is 15.9 Å². The zero-order valence-electron chi connectivity index (χ0n) is 9.34. The van der Waals surface area contributed by atoms with Gasteiger partial charge in [0.05, 0.1) is 12.7 Å². The molecule has 0 aliphatic heterocycles. The Balaban J connectivity index is 0.00000256. The van der Waals surface area contributed by atoms with Crippen molar-refractivity contribution in [3.8, 4) is 0 Å². The number of rotatable bonds is 3. The predicted octanol–water partition coefficient (Wildman–Crippen LogP) is 0.0597. The van der Waals surface area contributed by atoms with Crippen LogP contribution in [0.4, 0.5) is 12.9 Å². The van der Waals surface area contributed by atoms with Gasteiger partial charge in [0.15, 0.2) is 0 Å². The van der Waals surface area contributed by atoms with Gasteiger partial charge < -0.3 is 17.7 Å².